The van der Waals surface area contributed by atoms with Crippen molar-refractivity contribution >= 4 is 53.3 Å². The molecule has 0 saturated heterocycles. The number of hydrogen-bond acceptors (Lipinski definition) is 6. The number of hydrogen-bond donors (Lipinski definition) is 2. The van der Waals surface area contributed by atoms with Crippen LogP contribution in [-0.4, -0.2) is 36.2 Å². The minimum atomic E-state index is -3.96. The molecule has 0 aliphatic heterocycles. The first-order valence-electron chi connectivity index (χ1n) is 7.00. The lowest BCUT2D eigenvalue weighted by molar-refractivity contribution is 0.0599. The highest BCUT2D eigenvalue weighted by molar-refractivity contribution is 9.10. The summed E-state index contributed by atoms with van der Waals surface area (Å²) in [6, 6.07) is 9.60. The predicted octanol–water partition coefficient (Wildman–Crippen LogP) is 2.41. The molecule has 0 heterocycles. The summed E-state index contributed by atoms with van der Waals surface area (Å²) in [5.41, 5.74) is 0.599. The lowest BCUT2D eigenvalue weighted by Crippen LogP contribution is -2.14. The standard InChI is InChI=1S/C15H15BrN2O6S2/c1-24-15(19)13-9-12(7-8-14(13)16)26(22,23)18-11-5-3-10(4-6-11)17-25(2,20)21/h3-9,17-18H,1-2H3. The molecule has 0 saturated carbocycles. The van der Waals surface area contributed by atoms with E-state index in [1.54, 1.807) is 0 Å². The van der Waals surface area contributed by atoms with Crippen molar-refractivity contribution in [3.63, 3.8) is 0 Å². The normalized spacial score (nSPS) is 11.7. The lowest BCUT2D eigenvalue weighted by atomic mass is 10.2. The molecule has 0 amide bonds. The van der Waals surface area contributed by atoms with Crippen molar-refractivity contribution in [2.75, 3.05) is 22.8 Å². The van der Waals surface area contributed by atoms with Crippen molar-refractivity contribution in [2.24, 2.45) is 0 Å². The summed E-state index contributed by atoms with van der Waals surface area (Å²) in [6.07, 6.45) is 1.01. The van der Waals surface area contributed by atoms with Gasteiger partial charge in [-0.05, 0) is 58.4 Å². The fourth-order valence-electron chi connectivity index (χ4n) is 1.97. The molecule has 26 heavy (non-hydrogen) atoms. The van der Waals surface area contributed by atoms with Crippen LogP contribution in [0.5, 0.6) is 0 Å². The predicted molar refractivity (Wildman–Crippen MR) is 101 cm³/mol. The number of carbonyl (C=O) groups excluding carboxylic acids is 1. The van der Waals surface area contributed by atoms with Crippen LogP contribution in [0, 0.1) is 0 Å². The first-order valence-corrected chi connectivity index (χ1v) is 11.2. The minimum absolute atomic E-state index is 0.0723. The third kappa shape index (κ3) is 5.19. The number of anilines is 2. The van der Waals surface area contributed by atoms with Gasteiger partial charge in [-0.2, -0.15) is 0 Å². The van der Waals surface area contributed by atoms with E-state index in [-0.39, 0.29) is 16.1 Å². The average Bonchev–Trinajstić information content (AvgIpc) is 2.54. The van der Waals surface area contributed by atoms with Crippen LogP contribution in [0.1, 0.15) is 10.4 Å². The molecular weight excluding hydrogens is 448 g/mol. The van der Waals surface area contributed by atoms with Crippen LogP contribution >= 0.6 is 15.9 Å². The third-order valence-corrected chi connectivity index (χ3v) is 5.77. The number of halogens is 1. The van der Waals surface area contributed by atoms with Crippen molar-refractivity contribution in [3.8, 4) is 0 Å². The second-order valence-corrected chi connectivity index (χ2v) is 9.48. The van der Waals surface area contributed by atoms with Gasteiger partial charge in [0.1, 0.15) is 0 Å². The summed E-state index contributed by atoms with van der Waals surface area (Å²) in [5, 5.41) is 0. The Labute approximate surface area is 159 Å². The molecule has 8 nitrogen and oxygen atoms in total. The van der Waals surface area contributed by atoms with Crippen LogP contribution in [0.3, 0.4) is 0 Å². The van der Waals surface area contributed by atoms with Gasteiger partial charge >= 0.3 is 5.97 Å². The zero-order valence-corrected chi connectivity index (χ0v) is 16.9. The minimum Gasteiger partial charge on any atom is -0.465 e. The Balaban J connectivity index is 2.27. The third-order valence-electron chi connectivity index (χ3n) is 3.09. The maximum atomic E-state index is 12.5. The van der Waals surface area contributed by atoms with E-state index >= 15 is 0 Å². The molecule has 0 unspecified atom stereocenters. The van der Waals surface area contributed by atoms with E-state index in [1.165, 1.54) is 49.6 Å². The smallest absolute Gasteiger partial charge is 0.339 e. The molecular formula is C15H15BrN2O6S2. The molecule has 0 aliphatic rings. The first kappa shape index (κ1) is 20.2. The molecule has 2 aromatic carbocycles. The van der Waals surface area contributed by atoms with Crippen molar-refractivity contribution in [2.45, 2.75) is 4.90 Å². The Kier molecular flexibility index (Phi) is 5.94. The van der Waals surface area contributed by atoms with Crippen LogP contribution in [0.15, 0.2) is 51.8 Å². The molecule has 0 fully saturated rings. The molecule has 11 heteroatoms. The Bertz CT molecular complexity index is 1030. The van der Waals surface area contributed by atoms with Crippen LogP contribution in [0.2, 0.25) is 0 Å². The summed E-state index contributed by atoms with van der Waals surface area (Å²) in [4.78, 5) is 11.6. The fraction of sp³-hybridized carbons (Fsp3) is 0.133. The van der Waals surface area contributed by atoms with E-state index in [1.807, 2.05) is 0 Å². The van der Waals surface area contributed by atoms with Gasteiger partial charge in [-0.1, -0.05) is 0 Å². The van der Waals surface area contributed by atoms with Crippen LogP contribution in [0.25, 0.3) is 0 Å². The molecule has 140 valence electrons. The highest BCUT2D eigenvalue weighted by atomic mass is 79.9. The molecule has 0 spiro atoms. The zero-order chi connectivity index (χ0) is 19.5. The van der Waals surface area contributed by atoms with Crippen LogP contribution in [-0.2, 0) is 24.8 Å². The van der Waals surface area contributed by atoms with Gasteiger partial charge in [-0.15, -0.1) is 0 Å². The molecule has 2 N–H and O–H groups in total. The summed E-state index contributed by atoms with van der Waals surface area (Å²) < 4.78 is 57.0. The highest BCUT2D eigenvalue weighted by Gasteiger charge is 2.19. The van der Waals surface area contributed by atoms with Crippen molar-refractivity contribution < 1.29 is 26.4 Å². The Morgan fingerprint density at radius 2 is 1.50 bits per heavy atom. The SMILES string of the molecule is COC(=O)c1cc(S(=O)(=O)Nc2ccc(NS(C)(=O)=O)cc2)ccc1Br. The second kappa shape index (κ2) is 7.64. The summed E-state index contributed by atoms with van der Waals surface area (Å²) in [5.74, 6) is -0.676. The molecule has 2 aromatic rings. The number of ether oxygens (including phenoxy) is 1. The lowest BCUT2D eigenvalue weighted by Gasteiger charge is -2.11. The number of nitrogens with one attached hydrogen (secondary N) is 2. The summed E-state index contributed by atoms with van der Waals surface area (Å²) in [6.45, 7) is 0. The molecule has 2 rings (SSSR count). The molecule has 0 bridgehead atoms. The van der Waals surface area contributed by atoms with Crippen molar-refractivity contribution in [1.82, 2.24) is 0 Å². The Morgan fingerprint density at radius 1 is 0.962 bits per heavy atom. The van der Waals surface area contributed by atoms with Gasteiger partial charge in [0.05, 0.1) is 23.8 Å². The second-order valence-electron chi connectivity index (χ2n) is 5.19. The van der Waals surface area contributed by atoms with Gasteiger partial charge in [-0.3, -0.25) is 9.44 Å². The maximum absolute atomic E-state index is 12.5. The summed E-state index contributed by atoms with van der Waals surface area (Å²) >= 11 is 3.17. The van der Waals surface area contributed by atoms with E-state index in [4.69, 9.17) is 0 Å². The van der Waals surface area contributed by atoms with Gasteiger partial charge in [0, 0.05) is 15.8 Å². The van der Waals surface area contributed by atoms with Crippen LogP contribution in [0.4, 0.5) is 11.4 Å². The highest BCUT2D eigenvalue weighted by Crippen LogP contribution is 2.24. The molecule has 0 atom stereocenters. The zero-order valence-electron chi connectivity index (χ0n) is 13.7. The van der Waals surface area contributed by atoms with E-state index < -0.39 is 26.0 Å². The Morgan fingerprint density at radius 3 is 2.00 bits per heavy atom. The molecule has 0 aliphatic carbocycles. The number of rotatable bonds is 6. The quantitative estimate of drug-likeness (QED) is 0.636. The molecule has 0 radical (unpaired) electrons. The number of sulfonamides is 2. The van der Waals surface area contributed by atoms with Crippen molar-refractivity contribution in [1.29, 1.82) is 0 Å². The Hall–Kier alpha value is -2.11. The number of esters is 1. The van der Waals surface area contributed by atoms with Crippen molar-refractivity contribution in [3.05, 3.63) is 52.5 Å². The monoisotopic (exact) mass is 462 g/mol. The van der Waals surface area contributed by atoms with E-state index in [2.05, 4.69) is 30.1 Å². The van der Waals surface area contributed by atoms with E-state index in [9.17, 15) is 21.6 Å². The van der Waals surface area contributed by atoms with Gasteiger partial charge in [0.15, 0.2) is 0 Å². The van der Waals surface area contributed by atoms with Crippen LogP contribution < -0.4 is 9.44 Å². The average molecular weight is 463 g/mol. The van der Waals surface area contributed by atoms with Gasteiger partial charge in [-0.25, -0.2) is 21.6 Å². The van der Waals surface area contributed by atoms with Gasteiger partial charge < -0.3 is 4.74 Å². The van der Waals surface area contributed by atoms with E-state index in [0.717, 1.165) is 6.26 Å². The largest absolute Gasteiger partial charge is 0.465 e. The first-order chi connectivity index (χ1) is 12.0. The topological polar surface area (TPSA) is 119 Å². The molecule has 0 aromatic heterocycles. The van der Waals surface area contributed by atoms with Gasteiger partial charge in [0.25, 0.3) is 10.0 Å². The number of carbonyl (C=O) groups is 1. The maximum Gasteiger partial charge on any atom is 0.339 e. The fourth-order valence-corrected chi connectivity index (χ4v) is 4.03. The summed E-state index contributed by atoms with van der Waals surface area (Å²) in [7, 11) is -6.19. The number of benzene rings is 2. The number of methoxy groups -OCH3 is 1. The van der Waals surface area contributed by atoms with E-state index in [0.29, 0.717) is 10.2 Å². The van der Waals surface area contributed by atoms with Gasteiger partial charge in [0.2, 0.25) is 10.0 Å².